The number of hydrogen-bond donors (Lipinski definition) is 1. The molecule has 0 aliphatic rings. The van der Waals surface area contributed by atoms with Gasteiger partial charge in [0.25, 0.3) is 5.82 Å². The van der Waals surface area contributed by atoms with Gasteiger partial charge in [-0.15, -0.1) is 0 Å². The first-order valence-corrected chi connectivity index (χ1v) is 6.89. The molecule has 0 bridgehead atoms. The van der Waals surface area contributed by atoms with Crippen molar-refractivity contribution in [3.8, 4) is 6.07 Å². The van der Waals surface area contributed by atoms with E-state index in [1.165, 1.54) is 5.82 Å². The quantitative estimate of drug-likeness (QED) is 0.512. The molecule has 18 heavy (non-hydrogen) atoms. The predicted octanol–water partition coefficient (Wildman–Crippen LogP) is 2.36. The molecule has 1 N–H and O–H groups in total. The molecule has 0 amide bonds. The molecule has 100 valence electrons. The first-order chi connectivity index (χ1) is 8.88. The van der Waals surface area contributed by atoms with Crippen molar-refractivity contribution in [1.29, 1.82) is 5.26 Å². The zero-order valence-corrected chi connectivity index (χ0v) is 11.3. The highest BCUT2D eigenvalue weighted by atomic mass is 16.5. The van der Waals surface area contributed by atoms with E-state index in [1.54, 1.807) is 0 Å². The van der Waals surface area contributed by atoms with Crippen molar-refractivity contribution in [3.63, 3.8) is 0 Å². The van der Waals surface area contributed by atoms with Gasteiger partial charge in [-0.1, -0.05) is 0 Å². The number of nitrogens with one attached hydrogen (secondary N) is 1. The standard InChI is InChI=1S/C14H23N3O/c1-2-18-13-7-4-8-14-16-10-12-17(14)11-6-3-5-9-15/h10,12H,2-8,11,13H2,1H3/p+1. The SMILES string of the molecule is CCOCCCCc1[nH]cc[n+]1CCCCC#N. The fourth-order valence-electron chi connectivity index (χ4n) is 1.95. The Hall–Kier alpha value is -1.34. The van der Waals surface area contributed by atoms with Crippen molar-refractivity contribution in [1.82, 2.24) is 4.98 Å². The van der Waals surface area contributed by atoms with Crippen LogP contribution in [-0.4, -0.2) is 18.2 Å². The smallest absolute Gasteiger partial charge is 0.254 e. The Morgan fingerprint density at radius 3 is 3.00 bits per heavy atom. The van der Waals surface area contributed by atoms with Gasteiger partial charge < -0.3 is 4.74 Å². The van der Waals surface area contributed by atoms with E-state index >= 15 is 0 Å². The zero-order chi connectivity index (χ0) is 13.1. The van der Waals surface area contributed by atoms with Crippen LogP contribution in [0, 0.1) is 11.3 Å². The number of aromatic nitrogens is 2. The van der Waals surface area contributed by atoms with Crippen LogP contribution in [0.3, 0.4) is 0 Å². The maximum absolute atomic E-state index is 8.49. The van der Waals surface area contributed by atoms with Gasteiger partial charge in [0.1, 0.15) is 12.4 Å². The van der Waals surface area contributed by atoms with Crippen molar-refractivity contribution in [2.75, 3.05) is 13.2 Å². The molecule has 0 aromatic carbocycles. The predicted molar refractivity (Wildman–Crippen MR) is 69.9 cm³/mol. The maximum atomic E-state index is 8.49. The van der Waals surface area contributed by atoms with Crippen LogP contribution in [0.2, 0.25) is 0 Å². The highest BCUT2D eigenvalue weighted by Gasteiger charge is 2.09. The fourth-order valence-corrected chi connectivity index (χ4v) is 1.95. The summed E-state index contributed by atoms with van der Waals surface area (Å²) in [7, 11) is 0. The molecule has 4 nitrogen and oxygen atoms in total. The summed E-state index contributed by atoms with van der Waals surface area (Å²) in [4.78, 5) is 3.29. The van der Waals surface area contributed by atoms with Gasteiger partial charge >= 0.3 is 0 Å². The Labute approximate surface area is 110 Å². The van der Waals surface area contributed by atoms with Gasteiger partial charge in [0.15, 0.2) is 0 Å². The van der Waals surface area contributed by atoms with E-state index in [-0.39, 0.29) is 0 Å². The number of aryl methyl sites for hydroxylation is 2. The Balaban J connectivity index is 2.20. The molecule has 1 rings (SSSR count). The number of imidazole rings is 1. The van der Waals surface area contributed by atoms with E-state index < -0.39 is 0 Å². The summed E-state index contributed by atoms with van der Waals surface area (Å²) in [6, 6.07) is 2.19. The van der Waals surface area contributed by atoms with Gasteiger partial charge in [-0.05, 0) is 32.6 Å². The Kier molecular flexibility index (Phi) is 7.90. The number of rotatable bonds is 10. The lowest BCUT2D eigenvalue weighted by molar-refractivity contribution is -0.703. The fraction of sp³-hybridized carbons (Fsp3) is 0.714. The van der Waals surface area contributed by atoms with Crippen LogP contribution < -0.4 is 4.57 Å². The third-order valence-corrected chi connectivity index (χ3v) is 2.95. The molecule has 0 saturated carbocycles. The van der Waals surface area contributed by atoms with Crippen molar-refractivity contribution < 1.29 is 9.30 Å². The molecule has 1 aromatic rings. The van der Waals surface area contributed by atoms with Crippen molar-refractivity contribution in [2.45, 2.75) is 52.0 Å². The molecule has 0 fully saturated rings. The number of unbranched alkanes of at least 4 members (excludes halogenated alkanes) is 3. The number of hydrogen-bond acceptors (Lipinski definition) is 2. The third kappa shape index (κ3) is 5.83. The lowest BCUT2D eigenvalue weighted by Gasteiger charge is -2.01. The van der Waals surface area contributed by atoms with Crippen molar-refractivity contribution >= 4 is 0 Å². The van der Waals surface area contributed by atoms with Crippen molar-refractivity contribution in [2.24, 2.45) is 0 Å². The molecule has 0 spiro atoms. The van der Waals surface area contributed by atoms with Gasteiger partial charge in [0, 0.05) is 26.1 Å². The highest BCUT2D eigenvalue weighted by molar-refractivity contribution is 4.77. The van der Waals surface area contributed by atoms with Gasteiger partial charge in [0.2, 0.25) is 0 Å². The zero-order valence-electron chi connectivity index (χ0n) is 11.3. The average Bonchev–Trinajstić information content (AvgIpc) is 2.82. The molecule has 0 aliphatic heterocycles. The van der Waals surface area contributed by atoms with Gasteiger partial charge in [0.05, 0.1) is 12.6 Å². The van der Waals surface area contributed by atoms with E-state index in [2.05, 4.69) is 21.8 Å². The minimum Gasteiger partial charge on any atom is -0.382 e. The van der Waals surface area contributed by atoms with E-state index in [0.717, 1.165) is 51.9 Å². The largest absolute Gasteiger partial charge is 0.382 e. The monoisotopic (exact) mass is 250 g/mol. The summed E-state index contributed by atoms with van der Waals surface area (Å²) in [5.41, 5.74) is 0. The molecule has 0 atom stereocenters. The molecule has 0 unspecified atom stereocenters. The summed E-state index contributed by atoms with van der Waals surface area (Å²) in [5, 5.41) is 8.49. The summed E-state index contributed by atoms with van der Waals surface area (Å²) >= 11 is 0. The number of ether oxygens (including phenoxy) is 1. The van der Waals surface area contributed by atoms with Crippen molar-refractivity contribution in [3.05, 3.63) is 18.2 Å². The van der Waals surface area contributed by atoms with E-state index in [9.17, 15) is 0 Å². The second kappa shape index (κ2) is 9.67. The molecule has 0 aliphatic carbocycles. The highest BCUT2D eigenvalue weighted by Crippen LogP contribution is 2.00. The summed E-state index contributed by atoms with van der Waals surface area (Å²) in [6.45, 7) is 4.70. The number of nitriles is 1. The van der Waals surface area contributed by atoms with Crippen LogP contribution in [0.4, 0.5) is 0 Å². The Morgan fingerprint density at radius 1 is 1.33 bits per heavy atom. The van der Waals surface area contributed by atoms with Crippen LogP contribution in [-0.2, 0) is 17.7 Å². The third-order valence-electron chi connectivity index (χ3n) is 2.95. The van der Waals surface area contributed by atoms with E-state index in [0.29, 0.717) is 6.42 Å². The number of aromatic amines is 1. The molecule has 1 aromatic heterocycles. The van der Waals surface area contributed by atoms with Crippen LogP contribution in [0.1, 0.15) is 44.9 Å². The van der Waals surface area contributed by atoms with Gasteiger partial charge in [-0.3, -0.25) is 0 Å². The summed E-state index contributed by atoms with van der Waals surface area (Å²) in [6.07, 6.45) is 10.1. The second-order valence-electron chi connectivity index (χ2n) is 4.37. The number of nitrogens with zero attached hydrogens (tertiary/aromatic N) is 2. The van der Waals surface area contributed by atoms with Gasteiger partial charge in [-0.2, -0.15) is 5.26 Å². The Morgan fingerprint density at radius 2 is 2.22 bits per heavy atom. The normalized spacial score (nSPS) is 10.4. The first kappa shape index (κ1) is 14.7. The minimum atomic E-state index is 0.661. The van der Waals surface area contributed by atoms with E-state index in [1.807, 2.05) is 13.1 Å². The summed E-state index contributed by atoms with van der Waals surface area (Å²) in [5.74, 6) is 1.28. The van der Waals surface area contributed by atoms with Gasteiger partial charge in [-0.25, -0.2) is 9.55 Å². The minimum absolute atomic E-state index is 0.661. The van der Waals surface area contributed by atoms with Crippen LogP contribution >= 0.6 is 0 Å². The molecular formula is C14H24N3O+. The molecule has 4 heteroatoms. The molecular weight excluding hydrogens is 226 g/mol. The van der Waals surface area contributed by atoms with Crippen LogP contribution in [0.5, 0.6) is 0 Å². The lowest BCUT2D eigenvalue weighted by atomic mass is 10.2. The van der Waals surface area contributed by atoms with E-state index in [4.69, 9.17) is 10.00 Å². The average molecular weight is 250 g/mol. The topological polar surface area (TPSA) is 52.7 Å². The maximum Gasteiger partial charge on any atom is 0.254 e. The second-order valence-corrected chi connectivity index (χ2v) is 4.37. The number of H-pyrrole nitrogens is 1. The summed E-state index contributed by atoms with van der Waals surface area (Å²) < 4.78 is 7.59. The first-order valence-electron chi connectivity index (χ1n) is 6.89. The van der Waals surface area contributed by atoms with Crippen LogP contribution in [0.25, 0.3) is 0 Å². The molecule has 1 heterocycles. The molecule has 0 saturated heterocycles. The molecule has 0 radical (unpaired) electrons. The Bertz CT molecular complexity index is 354. The lowest BCUT2D eigenvalue weighted by Crippen LogP contribution is -2.36. The van der Waals surface area contributed by atoms with Crippen LogP contribution in [0.15, 0.2) is 12.4 Å².